The van der Waals surface area contributed by atoms with Crippen LogP contribution in [0.15, 0.2) is 10.8 Å². The van der Waals surface area contributed by atoms with Crippen molar-refractivity contribution < 1.29 is 4.42 Å². The van der Waals surface area contributed by atoms with E-state index in [4.69, 9.17) is 4.42 Å². The average molecular weight is 181 g/mol. The van der Waals surface area contributed by atoms with Crippen molar-refractivity contribution in [3.8, 4) is 0 Å². The standard InChI is InChI=1S/C9H15N3O/c1-2-4-8(10-5-3-1)6-9-12-11-7-13-9/h7-8,10H,1-6H2. The van der Waals surface area contributed by atoms with Crippen molar-refractivity contribution in [2.45, 2.75) is 38.1 Å². The van der Waals surface area contributed by atoms with Crippen molar-refractivity contribution >= 4 is 0 Å². The van der Waals surface area contributed by atoms with E-state index in [1.807, 2.05) is 0 Å². The Labute approximate surface area is 77.7 Å². The van der Waals surface area contributed by atoms with E-state index >= 15 is 0 Å². The lowest BCUT2D eigenvalue weighted by Gasteiger charge is -2.12. The lowest BCUT2D eigenvalue weighted by molar-refractivity contribution is 0.426. The Kier molecular flexibility index (Phi) is 2.92. The summed E-state index contributed by atoms with van der Waals surface area (Å²) in [6.07, 6.45) is 7.44. The van der Waals surface area contributed by atoms with Gasteiger partial charge in [-0.1, -0.05) is 12.8 Å². The average Bonchev–Trinajstić information content (AvgIpc) is 2.49. The summed E-state index contributed by atoms with van der Waals surface area (Å²) in [7, 11) is 0. The fourth-order valence-corrected chi connectivity index (χ4v) is 1.77. The molecule has 0 spiro atoms. The van der Waals surface area contributed by atoms with E-state index in [2.05, 4.69) is 15.5 Å². The molecule has 0 aromatic carbocycles. The molecule has 1 fully saturated rings. The third-order valence-corrected chi connectivity index (χ3v) is 2.49. The lowest BCUT2D eigenvalue weighted by Crippen LogP contribution is -2.30. The van der Waals surface area contributed by atoms with Crippen LogP contribution in [0.2, 0.25) is 0 Å². The summed E-state index contributed by atoms with van der Waals surface area (Å²) in [5, 5.41) is 11.0. The third kappa shape index (κ3) is 2.52. The molecule has 2 rings (SSSR count). The quantitative estimate of drug-likeness (QED) is 0.743. The van der Waals surface area contributed by atoms with Crippen LogP contribution in [0.4, 0.5) is 0 Å². The molecule has 1 saturated heterocycles. The van der Waals surface area contributed by atoms with Crippen LogP contribution >= 0.6 is 0 Å². The first-order valence-corrected chi connectivity index (χ1v) is 4.93. The molecule has 1 unspecified atom stereocenters. The van der Waals surface area contributed by atoms with E-state index in [0.29, 0.717) is 6.04 Å². The van der Waals surface area contributed by atoms with Gasteiger partial charge in [-0.25, -0.2) is 0 Å². The summed E-state index contributed by atoms with van der Waals surface area (Å²) in [6, 6.07) is 0.531. The highest BCUT2D eigenvalue weighted by Crippen LogP contribution is 2.11. The lowest BCUT2D eigenvalue weighted by atomic mass is 10.1. The molecule has 0 bridgehead atoms. The maximum atomic E-state index is 5.11. The Balaban J connectivity index is 1.86. The summed E-state index contributed by atoms with van der Waals surface area (Å²) in [5.74, 6) is 0.749. The Morgan fingerprint density at radius 1 is 1.46 bits per heavy atom. The summed E-state index contributed by atoms with van der Waals surface area (Å²) in [6.45, 7) is 1.12. The SMILES string of the molecule is c1nnc(CC2CCCCCN2)o1. The molecule has 2 heterocycles. The van der Waals surface area contributed by atoms with Crippen molar-refractivity contribution in [1.82, 2.24) is 15.5 Å². The monoisotopic (exact) mass is 181 g/mol. The van der Waals surface area contributed by atoms with Gasteiger partial charge in [-0.15, -0.1) is 10.2 Å². The Morgan fingerprint density at radius 2 is 2.46 bits per heavy atom. The van der Waals surface area contributed by atoms with E-state index in [0.717, 1.165) is 18.9 Å². The number of rotatable bonds is 2. The van der Waals surface area contributed by atoms with Crippen LogP contribution in [0.25, 0.3) is 0 Å². The molecule has 72 valence electrons. The minimum atomic E-state index is 0.531. The zero-order chi connectivity index (χ0) is 8.93. The number of nitrogens with one attached hydrogen (secondary N) is 1. The summed E-state index contributed by atoms with van der Waals surface area (Å²) in [5.41, 5.74) is 0. The summed E-state index contributed by atoms with van der Waals surface area (Å²) in [4.78, 5) is 0. The molecule has 0 radical (unpaired) electrons. The molecule has 1 N–H and O–H groups in total. The van der Waals surface area contributed by atoms with Crippen molar-refractivity contribution in [3.05, 3.63) is 12.3 Å². The van der Waals surface area contributed by atoms with Gasteiger partial charge in [-0.05, 0) is 19.4 Å². The maximum Gasteiger partial charge on any atom is 0.217 e. The molecule has 1 aliphatic rings. The van der Waals surface area contributed by atoms with Crippen LogP contribution < -0.4 is 5.32 Å². The minimum absolute atomic E-state index is 0.531. The van der Waals surface area contributed by atoms with E-state index in [9.17, 15) is 0 Å². The van der Waals surface area contributed by atoms with Crippen LogP contribution in [0, 0.1) is 0 Å². The highest BCUT2D eigenvalue weighted by atomic mass is 16.4. The van der Waals surface area contributed by atoms with Crippen LogP contribution in [0.3, 0.4) is 0 Å². The van der Waals surface area contributed by atoms with Gasteiger partial charge in [0, 0.05) is 12.5 Å². The van der Waals surface area contributed by atoms with Gasteiger partial charge in [0.1, 0.15) is 0 Å². The Hall–Kier alpha value is -0.900. The molecule has 1 aliphatic heterocycles. The first kappa shape index (κ1) is 8.69. The molecule has 1 aromatic heterocycles. The fourth-order valence-electron chi connectivity index (χ4n) is 1.77. The highest BCUT2D eigenvalue weighted by Gasteiger charge is 2.13. The topological polar surface area (TPSA) is 51.0 Å². The normalized spacial score (nSPS) is 24.2. The van der Waals surface area contributed by atoms with Crippen molar-refractivity contribution in [2.75, 3.05) is 6.54 Å². The number of nitrogens with zero attached hydrogens (tertiary/aromatic N) is 2. The number of hydrogen-bond acceptors (Lipinski definition) is 4. The van der Waals surface area contributed by atoms with Crippen molar-refractivity contribution in [2.24, 2.45) is 0 Å². The fraction of sp³-hybridized carbons (Fsp3) is 0.778. The predicted molar refractivity (Wildman–Crippen MR) is 48.3 cm³/mol. The van der Waals surface area contributed by atoms with Gasteiger partial charge in [-0.3, -0.25) is 0 Å². The van der Waals surface area contributed by atoms with Gasteiger partial charge >= 0.3 is 0 Å². The molecule has 0 saturated carbocycles. The number of aromatic nitrogens is 2. The number of hydrogen-bond donors (Lipinski definition) is 1. The Morgan fingerprint density at radius 3 is 3.31 bits per heavy atom. The predicted octanol–water partition coefficient (Wildman–Crippen LogP) is 1.14. The van der Waals surface area contributed by atoms with Gasteiger partial charge in [0.2, 0.25) is 12.3 Å². The van der Waals surface area contributed by atoms with Crippen LogP contribution in [0.1, 0.15) is 31.6 Å². The van der Waals surface area contributed by atoms with E-state index < -0.39 is 0 Å². The first-order chi connectivity index (χ1) is 6.45. The largest absolute Gasteiger partial charge is 0.428 e. The van der Waals surface area contributed by atoms with Gasteiger partial charge in [0.15, 0.2) is 0 Å². The summed E-state index contributed by atoms with van der Waals surface area (Å²) < 4.78 is 5.11. The van der Waals surface area contributed by atoms with Crippen LogP contribution in [0.5, 0.6) is 0 Å². The summed E-state index contributed by atoms with van der Waals surface area (Å²) >= 11 is 0. The molecule has 4 heteroatoms. The zero-order valence-electron chi connectivity index (χ0n) is 7.70. The molecule has 4 nitrogen and oxygen atoms in total. The van der Waals surface area contributed by atoms with E-state index in [1.165, 1.54) is 32.1 Å². The second kappa shape index (κ2) is 4.37. The van der Waals surface area contributed by atoms with Crippen LogP contribution in [-0.2, 0) is 6.42 Å². The molecular weight excluding hydrogens is 166 g/mol. The minimum Gasteiger partial charge on any atom is -0.428 e. The smallest absolute Gasteiger partial charge is 0.217 e. The van der Waals surface area contributed by atoms with Crippen LogP contribution in [-0.4, -0.2) is 22.8 Å². The van der Waals surface area contributed by atoms with Crippen molar-refractivity contribution in [3.63, 3.8) is 0 Å². The molecule has 0 aliphatic carbocycles. The third-order valence-electron chi connectivity index (χ3n) is 2.49. The van der Waals surface area contributed by atoms with E-state index in [1.54, 1.807) is 0 Å². The van der Waals surface area contributed by atoms with Gasteiger partial charge in [0.25, 0.3) is 0 Å². The zero-order valence-corrected chi connectivity index (χ0v) is 7.70. The van der Waals surface area contributed by atoms with Gasteiger partial charge in [0.05, 0.1) is 0 Å². The van der Waals surface area contributed by atoms with E-state index in [-0.39, 0.29) is 0 Å². The highest BCUT2D eigenvalue weighted by molar-refractivity contribution is 4.83. The first-order valence-electron chi connectivity index (χ1n) is 4.93. The molecule has 1 aromatic rings. The molecule has 13 heavy (non-hydrogen) atoms. The molecule has 1 atom stereocenters. The second-order valence-electron chi connectivity index (χ2n) is 3.54. The molecular formula is C9H15N3O. The van der Waals surface area contributed by atoms with Gasteiger partial charge < -0.3 is 9.73 Å². The Bertz CT molecular complexity index is 227. The molecule has 0 amide bonds. The van der Waals surface area contributed by atoms with Crippen molar-refractivity contribution in [1.29, 1.82) is 0 Å². The van der Waals surface area contributed by atoms with Gasteiger partial charge in [-0.2, -0.15) is 0 Å². The second-order valence-corrected chi connectivity index (χ2v) is 3.54. The maximum absolute atomic E-state index is 5.11.